The topological polar surface area (TPSA) is 101 Å². The highest BCUT2D eigenvalue weighted by Crippen LogP contribution is 2.28. The van der Waals surface area contributed by atoms with Gasteiger partial charge in [-0.05, 0) is 44.0 Å². The van der Waals surface area contributed by atoms with E-state index in [1.165, 1.54) is 13.0 Å². The molecule has 0 aliphatic rings. The first-order valence-electron chi connectivity index (χ1n) is 9.12. The van der Waals surface area contributed by atoms with Crippen LogP contribution in [0.1, 0.15) is 36.1 Å². The number of rotatable bonds is 5. The van der Waals surface area contributed by atoms with E-state index >= 15 is 0 Å². The number of hydrogen-bond acceptors (Lipinski definition) is 5. The number of halogens is 4. The summed E-state index contributed by atoms with van der Waals surface area (Å²) in [7, 11) is 0. The molecule has 2 amide bonds. The second-order valence-corrected chi connectivity index (χ2v) is 7.24. The van der Waals surface area contributed by atoms with Gasteiger partial charge in [0.2, 0.25) is 11.8 Å². The van der Waals surface area contributed by atoms with Crippen molar-refractivity contribution < 1.29 is 22.8 Å². The summed E-state index contributed by atoms with van der Waals surface area (Å²) < 4.78 is 39.7. The fourth-order valence-corrected chi connectivity index (χ4v) is 3.27. The minimum atomic E-state index is -4.68. The molecule has 3 aromatic rings. The fraction of sp³-hybridized carbons (Fsp3) is 0.316. The van der Waals surface area contributed by atoms with E-state index in [-0.39, 0.29) is 35.5 Å². The summed E-state index contributed by atoms with van der Waals surface area (Å²) in [5.74, 6) is -2.02. The SMILES string of the molecule is CC(=O)Nc1ccc(NC(=O)CCc2c(C)nc3nc(C(F)(F)F)nn3c2C)c(Cl)c1. The number of fused-ring (bicyclic) bond motifs is 1. The van der Waals surface area contributed by atoms with Crippen LogP contribution in [0.15, 0.2) is 18.2 Å². The molecule has 0 fully saturated rings. The van der Waals surface area contributed by atoms with Gasteiger partial charge in [0, 0.05) is 30.4 Å². The van der Waals surface area contributed by atoms with Crippen molar-refractivity contribution in [1.29, 1.82) is 0 Å². The third-order valence-electron chi connectivity index (χ3n) is 4.47. The number of anilines is 2. The van der Waals surface area contributed by atoms with Gasteiger partial charge in [-0.15, -0.1) is 5.10 Å². The van der Waals surface area contributed by atoms with Crippen LogP contribution in [0.2, 0.25) is 5.02 Å². The van der Waals surface area contributed by atoms with Crippen LogP contribution in [0.5, 0.6) is 0 Å². The molecule has 0 aliphatic carbocycles. The first-order chi connectivity index (χ1) is 14.5. The minimum absolute atomic E-state index is 0.0411. The Balaban J connectivity index is 1.73. The molecule has 31 heavy (non-hydrogen) atoms. The standard InChI is InChI=1S/C19H18ClF3N6O2/c1-9-13(10(2)29-18(24-9)27-17(28-29)19(21,22)23)5-7-16(31)26-15-6-4-12(8-14(15)20)25-11(3)30/h4,6,8H,5,7H2,1-3H3,(H,25,30)(H,26,31). The van der Waals surface area contributed by atoms with E-state index in [0.29, 0.717) is 28.3 Å². The molecule has 2 N–H and O–H groups in total. The number of hydrogen-bond donors (Lipinski definition) is 2. The zero-order valence-corrected chi connectivity index (χ0v) is 17.5. The average Bonchev–Trinajstić information content (AvgIpc) is 3.08. The molecule has 3 rings (SSSR count). The van der Waals surface area contributed by atoms with Gasteiger partial charge in [0.25, 0.3) is 11.6 Å². The smallest absolute Gasteiger partial charge is 0.326 e. The maximum absolute atomic E-state index is 12.9. The molecule has 2 heterocycles. The Morgan fingerprint density at radius 2 is 1.87 bits per heavy atom. The number of carbonyl (C=O) groups is 2. The van der Waals surface area contributed by atoms with Gasteiger partial charge in [-0.1, -0.05) is 11.6 Å². The highest BCUT2D eigenvalue weighted by atomic mass is 35.5. The molecule has 0 spiro atoms. The van der Waals surface area contributed by atoms with Gasteiger partial charge in [0.1, 0.15) is 0 Å². The second-order valence-electron chi connectivity index (χ2n) is 6.83. The molecular formula is C19H18ClF3N6O2. The predicted octanol–water partition coefficient (Wildman–Crippen LogP) is 3.94. The van der Waals surface area contributed by atoms with E-state index in [2.05, 4.69) is 25.7 Å². The van der Waals surface area contributed by atoms with E-state index in [9.17, 15) is 22.8 Å². The molecule has 0 unspecified atom stereocenters. The van der Waals surface area contributed by atoms with Crippen LogP contribution >= 0.6 is 11.6 Å². The Morgan fingerprint density at radius 3 is 2.48 bits per heavy atom. The first kappa shape index (κ1) is 22.5. The number of benzene rings is 1. The molecule has 1 aromatic carbocycles. The van der Waals surface area contributed by atoms with Gasteiger partial charge in [-0.2, -0.15) is 18.2 Å². The number of aryl methyl sites for hydroxylation is 2. The summed E-state index contributed by atoms with van der Waals surface area (Å²) >= 11 is 6.14. The normalized spacial score (nSPS) is 11.6. The Bertz CT molecular complexity index is 1180. The summed E-state index contributed by atoms with van der Waals surface area (Å²) in [6.45, 7) is 4.60. The van der Waals surface area contributed by atoms with Crippen molar-refractivity contribution in [1.82, 2.24) is 19.6 Å². The zero-order valence-electron chi connectivity index (χ0n) is 16.8. The Labute approximate surface area is 179 Å². The van der Waals surface area contributed by atoms with Crippen LogP contribution in [0, 0.1) is 13.8 Å². The van der Waals surface area contributed by atoms with Crippen molar-refractivity contribution in [2.24, 2.45) is 0 Å². The average molecular weight is 455 g/mol. The summed E-state index contributed by atoms with van der Waals surface area (Å²) in [6.07, 6.45) is -4.41. The number of carbonyl (C=O) groups excluding carboxylic acids is 2. The molecule has 164 valence electrons. The van der Waals surface area contributed by atoms with Crippen molar-refractivity contribution in [3.8, 4) is 0 Å². The monoisotopic (exact) mass is 454 g/mol. The molecule has 0 atom stereocenters. The Kier molecular flexibility index (Phi) is 6.16. The summed E-state index contributed by atoms with van der Waals surface area (Å²) in [5.41, 5.74) is 2.36. The summed E-state index contributed by atoms with van der Waals surface area (Å²) in [6, 6.07) is 4.66. The largest absolute Gasteiger partial charge is 0.453 e. The fourth-order valence-electron chi connectivity index (χ4n) is 3.04. The van der Waals surface area contributed by atoms with Crippen molar-refractivity contribution in [3.63, 3.8) is 0 Å². The van der Waals surface area contributed by atoms with Crippen LogP contribution in [-0.2, 0) is 22.2 Å². The van der Waals surface area contributed by atoms with Crippen molar-refractivity contribution in [2.45, 2.75) is 39.8 Å². The van der Waals surface area contributed by atoms with Gasteiger partial charge in [0.15, 0.2) is 0 Å². The van der Waals surface area contributed by atoms with Crippen LogP contribution in [0.3, 0.4) is 0 Å². The lowest BCUT2D eigenvalue weighted by atomic mass is 10.1. The molecule has 0 saturated heterocycles. The molecule has 2 aromatic heterocycles. The molecule has 0 radical (unpaired) electrons. The molecule has 0 bridgehead atoms. The van der Waals surface area contributed by atoms with Gasteiger partial charge in [0.05, 0.1) is 10.7 Å². The summed E-state index contributed by atoms with van der Waals surface area (Å²) in [4.78, 5) is 31.0. The quantitative estimate of drug-likeness (QED) is 0.608. The van der Waals surface area contributed by atoms with E-state index in [1.54, 1.807) is 26.0 Å². The maximum Gasteiger partial charge on any atom is 0.453 e. The molecule has 0 aliphatic heterocycles. The molecule has 8 nitrogen and oxygen atoms in total. The van der Waals surface area contributed by atoms with Gasteiger partial charge < -0.3 is 10.6 Å². The number of amides is 2. The first-order valence-corrected chi connectivity index (χ1v) is 9.50. The van der Waals surface area contributed by atoms with Crippen molar-refractivity contribution in [2.75, 3.05) is 10.6 Å². The van der Waals surface area contributed by atoms with Gasteiger partial charge in [-0.25, -0.2) is 9.50 Å². The van der Waals surface area contributed by atoms with Crippen molar-refractivity contribution >= 4 is 40.6 Å². The van der Waals surface area contributed by atoms with Crippen LogP contribution < -0.4 is 10.6 Å². The van der Waals surface area contributed by atoms with Gasteiger partial charge in [-0.3, -0.25) is 9.59 Å². The highest BCUT2D eigenvalue weighted by Gasteiger charge is 2.37. The molecule has 12 heteroatoms. The number of aromatic nitrogens is 4. The van der Waals surface area contributed by atoms with Crippen LogP contribution in [0.4, 0.5) is 24.5 Å². The van der Waals surface area contributed by atoms with Crippen LogP contribution in [0.25, 0.3) is 5.78 Å². The maximum atomic E-state index is 12.9. The third-order valence-corrected chi connectivity index (χ3v) is 4.78. The van der Waals surface area contributed by atoms with Crippen LogP contribution in [-0.4, -0.2) is 31.4 Å². The predicted molar refractivity (Wildman–Crippen MR) is 108 cm³/mol. The Morgan fingerprint density at radius 1 is 1.16 bits per heavy atom. The summed E-state index contributed by atoms with van der Waals surface area (Å²) in [5, 5.41) is 9.00. The third kappa shape index (κ3) is 5.10. The number of nitrogens with zero attached hydrogens (tertiary/aromatic N) is 4. The van der Waals surface area contributed by atoms with E-state index < -0.39 is 12.0 Å². The highest BCUT2D eigenvalue weighted by molar-refractivity contribution is 6.34. The van der Waals surface area contributed by atoms with Gasteiger partial charge >= 0.3 is 6.18 Å². The van der Waals surface area contributed by atoms with Crippen molar-refractivity contribution in [3.05, 3.63) is 46.0 Å². The lowest BCUT2D eigenvalue weighted by Crippen LogP contribution is -2.15. The molecule has 0 saturated carbocycles. The lowest BCUT2D eigenvalue weighted by Gasteiger charge is -2.12. The second kappa shape index (κ2) is 8.50. The number of alkyl halides is 3. The zero-order chi connectivity index (χ0) is 22.9. The number of nitrogens with one attached hydrogen (secondary N) is 2. The van der Waals surface area contributed by atoms with E-state index in [4.69, 9.17) is 11.6 Å². The minimum Gasteiger partial charge on any atom is -0.326 e. The molecular weight excluding hydrogens is 437 g/mol. The lowest BCUT2D eigenvalue weighted by molar-refractivity contribution is -0.144. The Hall–Kier alpha value is -3.21. The van der Waals surface area contributed by atoms with E-state index in [0.717, 1.165) is 4.52 Å². The van der Waals surface area contributed by atoms with E-state index in [1.807, 2.05) is 0 Å².